The predicted molar refractivity (Wildman–Crippen MR) is 51.4 cm³/mol. The van der Waals surface area contributed by atoms with Gasteiger partial charge in [0.2, 0.25) is 0 Å². The number of aromatic nitrogens is 2. The Kier molecular flexibility index (Phi) is 2.34. The fraction of sp³-hybridized carbons (Fsp3) is 0.625. The Bertz CT molecular complexity index is 263. The second-order valence-electron chi connectivity index (χ2n) is 3.16. The molecule has 0 saturated carbocycles. The van der Waals surface area contributed by atoms with Crippen LogP contribution >= 0.6 is 9.24 Å². The highest BCUT2D eigenvalue weighted by molar-refractivity contribution is 7.27. The van der Waals surface area contributed by atoms with Gasteiger partial charge in [0.25, 0.3) is 0 Å². The SMILES string of the molecule is Cc1nn(C)c(C(C)C)c1P. The summed E-state index contributed by atoms with van der Waals surface area (Å²) >= 11 is 0. The van der Waals surface area contributed by atoms with Gasteiger partial charge in [0.1, 0.15) is 0 Å². The second kappa shape index (κ2) is 2.94. The van der Waals surface area contributed by atoms with E-state index in [1.807, 2.05) is 18.7 Å². The zero-order valence-corrected chi connectivity index (χ0v) is 8.70. The van der Waals surface area contributed by atoms with E-state index in [1.165, 1.54) is 11.0 Å². The van der Waals surface area contributed by atoms with Gasteiger partial charge in [0.15, 0.2) is 0 Å². The van der Waals surface area contributed by atoms with Crippen LogP contribution in [0.5, 0.6) is 0 Å². The minimum atomic E-state index is 0.550. The third-order valence-electron chi connectivity index (χ3n) is 1.86. The predicted octanol–water partition coefficient (Wildman–Crippen LogP) is 1.35. The summed E-state index contributed by atoms with van der Waals surface area (Å²) in [7, 11) is 4.75. The van der Waals surface area contributed by atoms with Crippen LogP contribution in [-0.2, 0) is 7.05 Å². The average molecular weight is 170 g/mol. The van der Waals surface area contributed by atoms with Crippen LogP contribution in [0.2, 0.25) is 0 Å². The summed E-state index contributed by atoms with van der Waals surface area (Å²) in [6.07, 6.45) is 0. The summed E-state index contributed by atoms with van der Waals surface area (Å²) in [6.45, 7) is 6.40. The van der Waals surface area contributed by atoms with Crippen molar-refractivity contribution in [1.82, 2.24) is 9.78 Å². The minimum Gasteiger partial charge on any atom is -0.271 e. The molecule has 0 saturated heterocycles. The van der Waals surface area contributed by atoms with Crippen LogP contribution in [0, 0.1) is 6.92 Å². The molecule has 1 aromatic heterocycles. The first-order valence-corrected chi connectivity index (χ1v) is 4.40. The summed E-state index contributed by atoms with van der Waals surface area (Å²) in [5.41, 5.74) is 2.42. The molecule has 2 nitrogen and oxygen atoms in total. The minimum absolute atomic E-state index is 0.550. The standard InChI is InChI=1S/C8H15N2P/c1-5(2)7-8(11)6(3)9-10(7)4/h5H,11H2,1-4H3. The van der Waals surface area contributed by atoms with Crippen molar-refractivity contribution in [3.05, 3.63) is 11.4 Å². The third-order valence-corrected chi connectivity index (χ3v) is 2.57. The highest BCUT2D eigenvalue weighted by Gasteiger charge is 2.11. The van der Waals surface area contributed by atoms with Crippen molar-refractivity contribution in [1.29, 1.82) is 0 Å². The van der Waals surface area contributed by atoms with E-state index in [0.717, 1.165) is 5.69 Å². The summed E-state index contributed by atoms with van der Waals surface area (Å²) in [4.78, 5) is 0. The van der Waals surface area contributed by atoms with Crippen molar-refractivity contribution in [3.63, 3.8) is 0 Å². The number of rotatable bonds is 1. The van der Waals surface area contributed by atoms with Crippen molar-refractivity contribution in [2.75, 3.05) is 0 Å². The molecule has 0 aliphatic heterocycles. The summed E-state index contributed by atoms with van der Waals surface area (Å²) in [5, 5.41) is 5.58. The van der Waals surface area contributed by atoms with Crippen molar-refractivity contribution >= 4 is 14.5 Å². The monoisotopic (exact) mass is 170 g/mol. The van der Waals surface area contributed by atoms with E-state index < -0.39 is 0 Å². The first-order chi connectivity index (χ1) is 5.04. The molecule has 0 spiro atoms. The maximum absolute atomic E-state index is 4.33. The highest BCUT2D eigenvalue weighted by Crippen LogP contribution is 2.14. The molecule has 1 heterocycles. The van der Waals surface area contributed by atoms with Gasteiger partial charge in [-0.2, -0.15) is 5.10 Å². The second-order valence-corrected chi connectivity index (χ2v) is 3.74. The molecular formula is C8H15N2P. The lowest BCUT2D eigenvalue weighted by Gasteiger charge is -2.05. The van der Waals surface area contributed by atoms with Crippen molar-refractivity contribution in [2.45, 2.75) is 26.7 Å². The summed E-state index contributed by atoms with van der Waals surface area (Å²) in [6, 6.07) is 0. The lowest BCUT2D eigenvalue weighted by Crippen LogP contribution is -2.06. The molecule has 1 rings (SSSR count). The lowest BCUT2D eigenvalue weighted by molar-refractivity contribution is 0.667. The molecule has 0 radical (unpaired) electrons. The van der Waals surface area contributed by atoms with Crippen LogP contribution in [-0.4, -0.2) is 9.78 Å². The van der Waals surface area contributed by atoms with Gasteiger partial charge in [-0.05, 0) is 12.8 Å². The number of hydrogen-bond acceptors (Lipinski definition) is 1. The maximum Gasteiger partial charge on any atom is 0.0667 e. The lowest BCUT2D eigenvalue weighted by atomic mass is 10.1. The molecule has 1 unspecified atom stereocenters. The first-order valence-electron chi connectivity index (χ1n) is 3.83. The van der Waals surface area contributed by atoms with Gasteiger partial charge < -0.3 is 0 Å². The van der Waals surface area contributed by atoms with Crippen LogP contribution < -0.4 is 5.30 Å². The molecule has 1 atom stereocenters. The Morgan fingerprint density at radius 3 is 2.18 bits per heavy atom. The molecule has 62 valence electrons. The topological polar surface area (TPSA) is 17.8 Å². The van der Waals surface area contributed by atoms with E-state index in [4.69, 9.17) is 0 Å². The van der Waals surface area contributed by atoms with E-state index in [9.17, 15) is 0 Å². The van der Waals surface area contributed by atoms with Crippen LogP contribution in [0.15, 0.2) is 0 Å². The summed E-state index contributed by atoms with van der Waals surface area (Å²) in [5.74, 6) is 0.550. The zero-order chi connectivity index (χ0) is 8.59. The smallest absolute Gasteiger partial charge is 0.0667 e. The van der Waals surface area contributed by atoms with Gasteiger partial charge in [0.05, 0.1) is 5.69 Å². The molecule has 3 heteroatoms. The molecule has 1 aromatic rings. The third kappa shape index (κ3) is 1.46. The van der Waals surface area contributed by atoms with Gasteiger partial charge in [0, 0.05) is 18.0 Å². The highest BCUT2D eigenvalue weighted by atomic mass is 31.0. The van der Waals surface area contributed by atoms with E-state index >= 15 is 0 Å². The fourth-order valence-corrected chi connectivity index (χ4v) is 1.95. The first kappa shape index (κ1) is 8.73. The van der Waals surface area contributed by atoms with Gasteiger partial charge in [-0.1, -0.05) is 13.8 Å². The fourth-order valence-electron chi connectivity index (χ4n) is 1.38. The van der Waals surface area contributed by atoms with Crippen LogP contribution in [0.4, 0.5) is 0 Å². The molecule has 0 aliphatic rings. The summed E-state index contributed by atoms with van der Waals surface area (Å²) < 4.78 is 1.96. The molecule has 0 fully saturated rings. The van der Waals surface area contributed by atoms with Crippen molar-refractivity contribution in [3.8, 4) is 0 Å². The molecule has 0 amide bonds. The maximum atomic E-state index is 4.33. The van der Waals surface area contributed by atoms with Gasteiger partial charge in [-0.3, -0.25) is 4.68 Å². The van der Waals surface area contributed by atoms with Crippen LogP contribution in [0.25, 0.3) is 0 Å². The number of hydrogen-bond donors (Lipinski definition) is 0. The Hall–Kier alpha value is -0.360. The van der Waals surface area contributed by atoms with E-state index in [0.29, 0.717) is 5.92 Å². The Labute approximate surface area is 70.2 Å². The van der Waals surface area contributed by atoms with E-state index in [1.54, 1.807) is 0 Å². The molecule has 11 heavy (non-hydrogen) atoms. The molecule has 0 aromatic carbocycles. The van der Waals surface area contributed by atoms with Gasteiger partial charge >= 0.3 is 0 Å². The molecule has 0 bridgehead atoms. The molecule has 0 N–H and O–H groups in total. The Balaban J connectivity index is 3.22. The van der Waals surface area contributed by atoms with Crippen LogP contribution in [0.3, 0.4) is 0 Å². The number of nitrogens with zero attached hydrogens (tertiary/aromatic N) is 2. The normalized spacial score (nSPS) is 11.1. The average Bonchev–Trinajstić information content (AvgIpc) is 2.07. The van der Waals surface area contributed by atoms with E-state index in [2.05, 4.69) is 28.2 Å². The van der Waals surface area contributed by atoms with Gasteiger partial charge in [-0.15, -0.1) is 9.24 Å². The Morgan fingerprint density at radius 1 is 1.45 bits per heavy atom. The zero-order valence-electron chi connectivity index (χ0n) is 7.55. The quantitative estimate of drug-likeness (QED) is 0.582. The largest absolute Gasteiger partial charge is 0.271 e. The molecule has 0 aliphatic carbocycles. The number of aryl methyl sites for hydroxylation is 2. The van der Waals surface area contributed by atoms with Crippen LogP contribution in [0.1, 0.15) is 31.2 Å². The van der Waals surface area contributed by atoms with E-state index in [-0.39, 0.29) is 0 Å². The Morgan fingerprint density at radius 2 is 2.00 bits per heavy atom. The van der Waals surface area contributed by atoms with Crippen molar-refractivity contribution < 1.29 is 0 Å². The van der Waals surface area contributed by atoms with Crippen molar-refractivity contribution in [2.24, 2.45) is 7.05 Å². The van der Waals surface area contributed by atoms with Gasteiger partial charge in [-0.25, -0.2) is 0 Å². The molecular weight excluding hydrogens is 155 g/mol.